The normalized spacial score (nSPS) is 14.4. The average Bonchev–Trinajstić information content (AvgIpc) is 2.67. The van der Waals surface area contributed by atoms with Gasteiger partial charge in [-0.3, -0.25) is 9.78 Å². The first-order valence-electron chi connectivity index (χ1n) is 8.57. The van der Waals surface area contributed by atoms with Gasteiger partial charge < -0.3 is 5.32 Å². The zero-order valence-corrected chi connectivity index (χ0v) is 15.3. The van der Waals surface area contributed by atoms with E-state index in [1.54, 1.807) is 18.3 Å². The van der Waals surface area contributed by atoms with Gasteiger partial charge in [-0.15, -0.1) is 0 Å². The molecular weight excluding hydrogens is 367 g/mol. The first-order chi connectivity index (χ1) is 13.0. The van der Waals surface area contributed by atoms with Crippen LogP contribution in [0.4, 0.5) is 4.39 Å². The minimum Gasteiger partial charge on any atom is -0.352 e. The summed E-state index contributed by atoms with van der Waals surface area (Å²) < 4.78 is 13.7. The van der Waals surface area contributed by atoms with Crippen molar-refractivity contribution < 1.29 is 9.18 Å². The first-order valence-corrected chi connectivity index (χ1v) is 8.95. The summed E-state index contributed by atoms with van der Waals surface area (Å²) in [5, 5.41) is 3.17. The molecule has 3 aromatic rings. The Hall–Kier alpha value is -2.86. The fraction of sp³-hybridized carbons (Fsp3) is 0.200. The van der Waals surface area contributed by atoms with Gasteiger partial charge in [-0.2, -0.15) is 0 Å². The second kappa shape index (κ2) is 7.04. The molecule has 7 heteroatoms. The lowest BCUT2D eigenvalue weighted by molar-refractivity contribution is 0.0946. The second-order valence-electron chi connectivity index (χ2n) is 6.44. The van der Waals surface area contributed by atoms with Crippen molar-refractivity contribution in [2.24, 2.45) is 0 Å². The number of nitrogens with one attached hydrogen (secondary N) is 1. The molecule has 5 nitrogen and oxygen atoms in total. The first kappa shape index (κ1) is 17.5. The fourth-order valence-electron chi connectivity index (χ4n) is 3.31. The third kappa shape index (κ3) is 3.40. The molecule has 0 fully saturated rings. The van der Waals surface area contributed by atoms with Crippen LogP contribution in [0.3, 0.4) is 0 Å². The fourth-order valence-corrected chi connectivity index (χ4v) is 3.54. The Morgan fingerprint density at radius 2 is 2.04 bits per heavy atom. The summed E-state index contributed by atoms with van der Waals surface area (Å²) in [6.45, 7) is 2.50. The van der Waals surface area contributed by atoms with Crippen LogP contribution in [-0.2, 0) is 6.42 Å². The SMILES string of the molecule is CC(c1cc(F)cc(Cl)c1)c1cc(-c2nccc3c2CCNC3=O)ncn1. The van der Waals surface area contributed by atoms with Crippen LogP contribution in [0.5, 0.6) is 0 Å². The maximum absolute atomic E-state index is 13.7. The van der Waals surface area contributed by atoms with E-state index in [2.05, 4.69) is 20.3 Å². The Labute approximate surface area is 160 Å². The number of carbonyl (C=O) groups excluding carboxylic acids is 1. The molecule has 0 aliphatic carbocycles. The van der Waals surface area contributed by atoms with Gasteiger partial charge in [-0.25, -0.2) is 14.4 Å². The lowest BCUT2D eigenvalue weighted by Gasteiger charge is -2.19. The number of carbonyl (C=O) groups is 1. The Bertz CT molecular complexity index is 1020. The summed E-state index contributed by atoms with van der Waals surface area (Å²) in [7, 11) is 0. The van der Waals surface area contributed by atoms with Crippen molar-refractivity contribution in [1.29, 1.82) is 0 Å². The summed E-state index contributed by atoms with van der Waals surface area (Å²) in [5.74, 6) is -0.664. The summed E-state index contributed by atoms with van der Waals surface area (Å²) in [4.78, 5) is 25.2. The number of pyridine rings is 1. The minimum atomic E-state index is -0.386. The molecule has 1 aromatic carbocycles. The van der Waals surface area contributed by atoms with Crippen molar-refractivity contribution in [1.82, 2.24) is 20.3 Å². The van der Waals surface area contributed by atoms with E-state index in [1.165, 1.54) is 18.5 Å². The average molecular weight is 383 g/mol. The van der Waals surface area contributed by atoms with Crippen LogP contribution >= 0.6 is 11.6 Å². The highest BCUT2D eigenvalue weighted by Crippen LogP contribution is 2.29. The number of hydrogen-bond acceptors (Lipinski definition) is 4. The second-order valence-corrected chi connectivity index (χ2v) is 6.88. The molecule has 1 aliphatic rings. The highest BCUT2D eigenvalue weighted by Gasteiger charge is 2.22. The van der Waals surface area contributed by atoms with Gasteiger partial charge in [-0.05, 0) is 47.9 Å². The van der Waals surface area contributed by atoms with Crippen LogP contribution in [-0.4, -0.2) is 27.4 Å². The van der Waals surface area contributed by atoms with Gasteiger partial charge in [0.25, 0.3) is 5.91 Å². The van der Waals surface area contributed by atoms with Gasteiger partial charge in [0.1, 0.15) is 12.1 Å². The van der Waals surface area contributed by atoms with E-state index in [-0.39, 0.29) is 17.6 Å². The van der Waals surface area contributed by atoms with Gasteiger partial charge in [0, 0.05) is 29.2 Å². The molecule has 136 valence electrons. The molecule has 1 unspecified atom stereocenters. The molecule has 1 atom stereocenters. The number of amides is 1. The van der Waals surface area contributed by atoms with Crippen molar-refractivity contribution in [3.05, 3.63) is 76.1 Å². The largest absolute Gasteiger partial charge is 0.352 e. The van der Waals surface area contributed by atoms with Crippen LogP contribution in [0.15, 0.2) is 42.9 Å². The molecule has 0 saturated heterocycles. The number of benzene rings is 1. The molecular formula is C20H16ClFN4O. The van der Waals surface area contributed by atoms with Crippen LogP contribution in [0.25, 0.3) is 11.4 Å². The number of fused-ring (bicyclic) bond motifs is 1. The Balaban J connectivity index is 1.76. The molecule has 0 saturated carbocycles. The maximum atomic E-state index is 13.7. The minimum absolute atomic E-state index is 0.100. The number of aromatic nitrogens is 3. The van der Waals surface area contributed by atoms with Crippen molar-refractivity contribution in [3.63, 3.8) is 0 Å². The number of hydrogen-bond donors (Lipinski definition) is 1. The molecule has 27 heavy (non-hydrogen) atoms. The van der Waals surface area contributed by atoms with Crippen LogP contribution in [0, 0.1) is 5.82 Å². The van der Waals surface area contributed by atoms with E-state index >= 15 is 0 Å². The zero-order valence-electron chi connectivity index (χ0n) is 14.5. The topological polar surface area (TPSA) is 67.8 Å². The molecule has 1 amide bonds. The molecule has 1 aliphatic heterocycles. The van der Waals surface area contributed by atoms with Crippen LogP contribution < -0.4 is 5.32 Å². The molecule has 3 heterocycles. The van der Waals surface area contributed by atoms with Crippen molar-refractivity contribution in [3.8, 4) is 11.4 Å². The van der Waals surface area contributed by atoms with E-state index in [9.17, 15) is 9.18 Å². The van der Waals surface area contributed by atoms with Gasteiger partial charge in [0.15, 0.2) is 0 Å². The summed E-state index contributed by atoms with van der Waals surface area (Å²) in [5.41, 5.74) is 4.27. The van der Waals surface area contributed by atoms with E-state index in [1.807, 2.05) is 13.0 Å². The molecule has 4 rings (SSSR count). The summed E-state index contributed by atoms with van der Waals surface area (Å²) in [6.07, 6.45) is 3.77. The number of rotatable bonds is 3. The van der Waals surface area contributed by atoms with Gasteiger partial charge in [-0.1, -0.05) is 18.5 Å². The van der Waals surface area contributed by atoms with Crippen molar-refractivity contribution in [2.75, 3.05) is 6.54 Å². The predicted octanol–water partition coefficient (Wildman–Crippen LogP) is 3.77. The van der Waals surface area contributed by atoms with Gasteiger partial charge >= 0.3 is 0 Å². The van der Waals surface area contributed by atoms with Gasteiger partial charge in [0.2, 0.25) is 0 Å². The van der Waals surface area contributed by atoms with Crippen LogP contribution in [0.1, 0.15) is 40.0 Å². The molecule has 0 radical (unpaired) electrons. The zero-order chi connectivity index (χ0) is 19.0. The van der Waals surface area contributed by atoms with Crippen molar-refractivity contribution >= 4 is 17.5 Å². The third-order valence-corrected chi connectivity index (χ3v) is 4.94. The Morgan fingerprint density at radius 1 is 1.19 bits per heavy atom. The predicted molar refractivity (Wildman–Crippen MR) is 100 cm³/mol. The Kier molecular flexibility index (Phi) is 4.58. The quantitative estimate of drug-likeness (QED) is 0.748. The molecule has 0 bridgehead atoms. The van der Waals surface area contributed by atoms with E-state index in [4.69, 9.17) is 11.6 Å². The number of nitrogens with zero attached hydrogens (tertiary/aromatic N) is 3. The highest BCUT2D eigenvalue weighted by atomic mass is 35.5. The van der Waals surface area contributed by atoms with Gasteiger partial charge in [0.05, 0.1) is 17.1 Å². The van der Waals surface area contributed by atoms with E-state index in [0.717, 1.165) is 16.8 Å². The molecule has 2 aromatic heterocycles. The maximum Gasteiger partial charge on any atom is 0.251 e. The molecule has 0 spiro atoms. The number of halogens is 2. The van der Waals surface area contributed by atoms with Crippen LogP contribution in [0.2, 0.25) is 5.02 Å². The highest BCUT2D eigenvalue weighted by molar-refractivity contribution is 6.30. The monoisotopic (exact) mass is 382 g/mol. The smallest absolute Gasteiger partial charge is 0.251 e. The standard InChI is InChI=1S/C20H16ClFN4O/c1-11(12-6-13(21)8-14(22)7-12)17-9-18(26-10-25-17)19-15-2-5-24-20(27)16(15)3-4-23-19/h3-4,6-11H,2,5H2,1H3,(H,24,27). The Morgan fingerprint density at radius 3 is 2.85 bits per heavy atom. The lowest BCUT2D eigenvalue weighted by atomic mass is 9.94. The van der Waals surface area contributed by atoms with E-state index in [0.29, 0.717) is 34.9 Å². The summed E-state index contributed by atoms with van der Waals surface area (Å²) in [6, 6.07) is 8.00. The lowest BCUT2D eigenvalue weighted by Crippen LogP contribution is -2.32. The summed E-state index contributed by atoms with van der Waals surface area (Å²) >= 11 is 5.98. The van der Waals surface area contributed by atoms with Crippen molar-refractivity contribution in [2.45, 2.75) is 19.3 Å². The van der Waals surface area contributed by atoms with E-state index < -0.39 is 0 Å². The molecule has 1 N–H and O–H groups in total. The third-order valence-electron chi connectivity index (χ3n) is 4.72.